The Morgan fingerprint density at radius 3 is 1.64 bits per heavy atom. The Bertz CT molecular complexity index is 61.0. The molecule has 0 aromatic rings. The highest BCUT2D eigenvalue weighted by Crippen LogP contribution is 2.15. The first-order valence-corrected chi connectivity index (χ1v) is 4.60. The fourth-order valence-electron chi connectivity index (χ4n) is 1.27. The predicted molar refractivity (Wildman–Crippen MR) is 44.8 cm³/mol. The van der Waals surface area contributed by atoms with Gasteiger partial charge in [-0.25, -0.2) is 5.43 Å². The first kappa shape index (κ1) is 8.97. The summed E-state index contributed by atoms with van der Waals surface area (Å²) < 4.78 is 0. The molecule has 1 saturated carbocycles. The summed E-state index contributed by atoms with van der Waals surface area (Å²) in [6.45, 7) is 1.84. The second-order valence-corrected chi connectivity index (χ2v) is 3.00. The van der Waals surface area contributed by atoms with Crippen molar-refractivity contribution in [1.82, 2.24) is 11.0 Å². The summed E-state index contributed by atoms with van der Waals surface area (Å²) in [7, 11) is 0. The van der Waals surface area contributed by atoms with Gasteiger partial charge in [0.05, 0.1) is 6.61 Å². The average Bonchev–Trinajstić information content (AvgIpc) is 2.64. The predicted octanol–water partition coefficient (Wildman–Crippen LogP) is 1.37. The van der Waals surface area contributed by atoms with Gasteiger partial charge in [0.2, 0.25) is 0 Å². The Hall–Kier alpha value is -0.120. The minimum atomic E-state index is 0.826. The summed E-state index contributed by atoms with van der Waals surface area (Å²) >= 11 is 0. The van der Waals surface area contributed by atoms with Crippen LogP contribution in [-0.4, -0.2) is 13.2 Å². The zero-order valence-corrected chi connectivity index (χ0v) is 7.07. The molecule has 0 amide bonds. The van der Waals surface area contributed by atoms with Gasteiger partial charge in [-0.05, 0) is 6.42 Å². The standard InChI is InChI=1S/C5H10.C3H8N2O/c1-2-4-5-3-1;1-2-4-5-6-3-1/h1-5H2;4-5H,1-3H2. The molecule has 1 heterocycles. The van der Waals surface area contributed by atoms with E-state index in [0.717, 1.165) is 19.6 Å². The second-order valence-electron chi connectivity index (χ2n) is 3.00. The molecule has 0 aromatic carbocycles. The summed E-state index contributed by atoms with van der Waals surface area (Å²) in [6.07, 6.45) is 8.60. The maximum Gasteiger partial charge on any atom is 0.0711 e. The van der Waals surface area contributed by atoms with E-state index in [0.29, 0.717) is 0 Å². The number of hydrogen-bond donors (Lipinski definition) is 2. The van der Waals surface area contributed by atoms with E-state index in [1.54, 1.807) is 0 Å². The van der Waals surface area contributed by atoms with E-state index < -0.39 is 0 Å². The van der Waals surface area contributed by atoms with E-state index in [1.807, 2.05) is 0 Å². The van der Waals surface area contributed by atoms with Gasteiger partial charge in [0.1, 0.15) is 0 Å². The molecule has 1 aliphatic heterocycles. The lowest BCUT2D eigenvalue weighted by atomic mass is 10.4. The van der Waals surface area contributed by atoms with Gasteiger partial charge in [0.25, 0.3) is 0 Å². The molecule has 0 aromatic heterocycles. The smallest absolute Gasteiger partial charge is 0.0711 e. The van der Waals surface area contributed by atoms with E-state index in [-0.39, 0.29) is 0 Å². The highest BCUT2D eigenvalue weighted by atomic mass is 16.7. The largest absolute Gasteiger partial charge is 0.287 e. The third-order valence-corrected chi connectivity index (χ3v) is 1.94. The quantitative estimate of drug-likeness (QED) is 0.558. The van der Waals surface area contributed by atoms with Crippen LogP contribution in [0.15, 0.2) is 0 Å². The summed E-state index contributed by atoms with van der Waals surface area (Å²) in [5.74, 6) is 0. The first-order valence-electron chi connectivity index (χ1n) is 4.60. The van der Waals surface area contributed by atoms with Gasteiger partial charge in [0.15, 0.2) is 0 Å². The average molecular weight is 158 g/mol. The van der Waals surface area contributed by atoms with Crippen LogP contribution < -0.4 is 11.0 Å². The van der Waals surface area contributed by atoms with Gasteiger partial charge in [0, 0.05) is 6.54 Å². The lowest BCUT2D eigenvalue weighted by Gasteiger charge is -2.11. The normalized spacial score (nSPS) is 24.0. The van der Waals surface area contributed by atoms with E-state index in [4.69, 9.17) is 4.84 Å². The topological polar surface area (TPSA) is 33.3 Å². The fourth-order valence-corrected chi connectivity index (χ4v) is 1.27. The Morgan fingerprint density at radius 1 is 0.818 bits per heavy atom. The van der Waals surface area contributed by atoms with Crippen LogP contribution in [0, 0.1) is 0 Å². The molecule has 0 radical (unpaired) electrons. The molecule has 0 bridgehead atoms. The van der Waals surface area contributed by atoms with E-state index >= 15 is 0 Å². The van der Waals surface area contributed by atoms with Crippen molar-refractivity contribution in [2.75, 3.05) is 13.2 Å². The molecule has 2 aliphatic rings. The monoisotopic (exact) mass is 158 g/mol. The van der Waals surface area contributed by atoms with Crippen LogP contribution in [0.4, 0.5) is 0 Å². The Balaban J connectivity index is 0.000000112. The van der Waals surface area contributed by atoms with Crippen molar-refractivity contribution in [3.63, 3.8) is 0 Å². The molecule has 2 N–H and O–H groups in total. The summed E-state index contributed by atoms with van der Waals surface area (Å²) in [5.41, 5.74) is 5.35. The molecule has 0 unspecified atom stereocenters. The van der Waals surface area contributed by atoms with Gasteiger partial charge in [-0.2, -0.15) is 0 Å². The van der Waals surface area contributed by atoms with E-state index in [2.05, 4.69) is 11.0 Å². The molecular formula is C8H18N2O. The van der Waals surface area contributed by atoms with Crippen molar-refractivity contribution in [2.45, 2.75) is 38.5 Å². The molecule has 11 heavy (non-hydrogen) atoms. The summed E-state index contributed by atoms with van der Waals surface area (Å²) in [4.78, 5) is 4.71. The summed E-state index contributed by atoms with van der Waals surface area (Å²) in [6, 6.07) is 0. The third kappa shape index (κ3) is 5.18. The lowest BCUT2D eigenvalue weighted by molar-refractivity contribution is -0.0180. The van der Waals surface area contributed by atoms with Crippen LogP contribution in [-0.2, 0) is 4.84 Å². The van der Waals surface area contributed by atoms with Gasteiger partial charge in [-0.1, -0.05) is 32.1 Å². The van der Waals surface area contributed by atoms with Crippen molar-refractivity contribution < 1.29 is 4.84 Å². The van der Waals surface area contributed by atoms with Crippen molar-refractivity contribution in [3.05, 3.63) is 0 Å². The highest BCUT2D eigenvalue weighted by Gasteiger charge is 1.95. The van der Waals surface area contributed by atoms with Crippen LogP contribution in [0.25, 0.3) is 0 Å². The second kappa shape index (κ2) is 6.58. The van der Waals surface area contributed by atoms with Crippen LogP contribution in [0.2, 0.25) is 0 Å². The molecule has 66 valence electrons. The SMILES string of the molecule is C1CCCC1.C1CNNOC1. The van der Waals surface area contributed by atoms with Crippen molar-refractivity contribution >= 4 is 0 Å². The van der Waals surface area contributed by atoms with Crippen LogP contribution in [0.3, 0.4) is 0 Å². The van der Waals surface area contributed by atoms with E-state index in [1.165, 1.54) is 32.1 Å². The lowest BCUT2D eigenvalue weighted by Crippen LogP contribution is -2.38. The molecule has 3 nitrogen and oxygen atoms in total. The number of rotatable bonds is 0. The Morgan fingerprint density at radius 2 is 1.45 bits per heavy atom. The zero-order valence-electron chi connectivity index (χ0n) is 7.07. The van der Waals surface area contributed by atoms with Crippen LogP contribution in [0.5, 0.6) is 0 Å². The zero-order chi connectivity index (χ0) is 7.78. The van der Waals surface area contributed by atoms with Gasteiger partial charge < -0.3 is 0 Å². The minimum absolute atomic E-state index is 0.826. The van der Waals surface area contributed by atoms with Gasteiger partial charge >= 0.3 is 0 Å². The molecule has 2 rings (SSSR count). The van der Waals surface area contributed by atoms with Crippen molar-refractivity contribution in [1.29, 1.82) is 0 Å². The fraction of sp³-hybridized carbons (Fsp3) is 1.00. The van der Waals surface area contributed by atoms with Gasteiger partial charge in [-0.3, -0.25) is 4.84 Å². The van der Waals surface area contributed by atoms with Crippen LogP contribution in [0.1, 0.15) is 38.5 Å². The molecule has 0 spiro atoms. The van der Waals surface area contributed by atoms with E-state index in [9.17, 15) is 0 Å². The molecule has 0 atom stereocenters. The summed E-state index contributed by atoms with van der Waals surface area (Å²) in [5, 5.41) is 0. The molecule has 1 saturated heterocycles. The number of hydrazine groups is 1. The third-order valence-electron chi connectivity index (χ3n) is 1.94. The maximum atomic E-state index is 4.71. The number of nitrogens with one attached hydrogen (secondary N) is 2. The molecular weight excluding hydrogens is 140 g/mol. The van der Waals surface area contributed by atoms with Crippen LogP contribution >= 0.6 is 0 Å². The Kier molecular flexibility index (Phi) is 5.37. The highest BCUT2D eigenvalue weighted by molar-refractivity contribution is 4.51. The molecule has 3 heteroatoms. The minimum Gasteiger partial charge on any atom is -0.287 e. The van der Waals surface area contributed by atoms with Gasteiger partial charge in [-0.15, -0.1) is 5.59 Å². The first-order chi connectivity index (χ1) is 5.50. The molecule has 1 aliphatic carbocycles. The Labute approximate surface area is 68.4 Å². The number of hydrogen-bond acceptors (Lipinski definition) is 3. The molecule has 2 fully saturated rings. The maximum absolute atomic E-state index is 4.71. The van der Waals surface area contributed by atoms with Crippen molar-refractivity contribution in [2.24, 2.45) is 0 Å². The van der Waals surface area contributed by atoms with Crippen molar-refractivity contribution in [3.8, 4) is 0 Å².